The zero-order valence-corrected chi connectivity index (χ0v) is 15.0. The highest BCUT2D eigenvalue weighted by Gasteiger charge is 2.16. The minimum absolute atomic E-state index is 0.145. The van der Waals surface area contributed by atoms with Crippen LogP contribution >= 0.6 is 11.3 Å². The number of amides is 1. The number of rotatable bonds is 6. The van der Waals surface area contributed by atoms with Gasteiger partial charge >= 0.3 is 0 Å². The number of aryl methyl sites for hydroxylation is 3. The molecule has 0 unspecified atom stereocenters. The largest absolute Gasteiger partial charge is 0.350 e. The smallest absolute Gasteiger partial charge is 0.261 e. The number of thiophene rings is 1. The van der Waals surface area contributed by atoms with Gasteiger partial charge in [-0.25, -0.2) is 13.1 Å². The van der Waals surface area contributed by atoms with Crippen LogP contribution in [0.5, 0.6) is 0 Å². The third-order valence-electron chi connectivity index (χ3n) is 3.40. The third kappa shape index (κ3) is 4.40. The van der Waals surface area contributed by atoms with Gasteiger partial charge in [-0.15, -0.1) is 11.3 Å². The molecule has 0 atom stereocenters. The van der Waals surface area contributed by atoms with E-state index in [-0.39, 0.29) is 23.9 Å². The Labute approximate surface area is 140 Å². The molecule has 1 aromatic heterocycles. The Morgan fingerprint density at radius 3 is 2.48 bits per heavy atom. The first-order chi connectivity index (χ1) is 10.8. The Balaban J connectivity index is 1.92. The van der Waals surface area contributed by atoms with Crippen LogP contribution < -0.4 is 10.0 Å². The summed E-state index contributed by atoms with van der Waals surface area (Å²) in [6, 6.07) is 7.18. The molecule has 2 N–H and O–H groups in total. The standard InChI is InChI=1S/C16H20N2O3S2/c1-11-4-5-12(2)14(10-11)23(20,21)18-8-7-17-16(19)15-13(3)6-9-22-15/h4-6,9-10,18H,7-8H2,1-3H3,(H,17,19). The molecule has 2 rings (SSSR count). The Hall–Kier alpha value is -1.70. The predicted octanol–water partition coefficient (Wildman–Crippen LogP) is 2.38. The number of hydrogen-bond donors (Lipinski definition) is 2. The molecule has 0 bridgehead atoms. The van der Waals surface area contributed by atoms with Crippen molar-refractivity contribution in [2.45, 2.75) is 25.7 Å². The van der Waals surface area contributed by atoms with Gasteiger partial charge in [-0.1, -0.05) is 12.1 Å². The minimum Gasteiger partial charge on any atom is -0.350 e. The lowest BCUT2D eigenvalue weighted by Crippen LogP contribution is -2.34. The maximum absolute atomic E-state index is 12.3. The fraction of sp³-hybridized carbons (Fsp3) is 0.312. The average molecular weight is 352 g/mol. The zero-order chi connectivity index (χ0) is 17.0. The van der Waals surface area contributed by atoms with Gasteiger partial charge in [0.1, 0.15) is 0 Å². The Bertz CT molecular complexity index is 810. The van der Waals surface area contributed by atoms with Crippen LogP contribution in [0.2, 0.25) is 0 Å². The van der Waals surface area contributed by atoms with Crippen LogP contribution in [0.15, 0.2) is 34.5 Å². The van der Waals surface area contributed by atoms with Crippen molar-refractivity contribution in [3.63, 3.8) is 0 Å². The lowest BCUT2D eigenvalue weighted by Gasteiger charge is -2.10. The van der Waals surface area contributed by atoms with Crippen molar-refractivity contribution in [3.8, 4) is 0 Å². The molecule has 23 heavy (non-hydrogen) atoms. The Kier molecular flexibility index (Phi) is 5.56. The minimum atomic E-state index is -3.57. The van der Waals surface area contributed by atoms with E-state index in [0.717, 1.165) is 11.1 Å². The van der Waals surface area contributed by atoms with Crippen molar-refractivity contribution in [2.75, 3.05) is 13.1 Å². The first-order valence-corrected chi connectivity index (χ1v) is 9.57. The molecule has 0 aliphatic rings. The molecule has 0 saturated heterocycles. The molecule has 7 heteroatoms. The van der Waals surface area contributed by atoms with Gasteiger partial charge in [0.15, 0.2) is 0 Å². The molecular weight excluding hydrogens is 332 g/mol. The van der Waals surface area contributed by atoms with Crippen LogP contribution in [0.25, 0.3) is 0 Å². The number of nitrogens with one attached hydrogen (secondary N) is 2. The highest BCUT2D eigenvalue weighted by atomic mass is 32.2. The second kappa shape index (κ2) is 7.25. The summed E-state index contributed by atoms with van der Waals surface area (Å²) >= 11 is 1.37. The van der Waals surface area contributed by atoms with Crippen LogP contribution in [0.3, 0.4) is 0 Å². The maximum Gasteiger partial charge on any atom is 0.261 e. The summed E-state index contributed by atoms with van der Waals surface area (Å²) in [7, 11) is -3.57. The molecular formula is C16H20N2O3S2. The highest BCUT2D eigenvalue weighted by molar-refractivity contribution is 7.89. The van der Waals surface area contributed by atoms with E-state index in [1.807, 2.05) is 31.4 Å². The van der Waals surface area contributed by atoms with Gasteiger partial charge in [0, 0.05) is 13.1 Å². The quantitative estimate of drug-likeness (QED) is 0.784. The normalized spacial score (nSPS) is 11.4. The number of carbonyl (C=O) groups excluding carboxylic acids is 1. The van der Waals surface area contributed by atoms with E-state index in [4.69, 9.17) is 0 Å². The van der Waals surface area contributed by atoms with Gasteiger partial charge in [-0.3, -0.25) is 4.79 Å². The van der Waals surface area contributed by atoms with Crippen LogP contribution in [-0.4, -0.2) is 27.4 Å². The lowest BCUT2D eigenvalue weighted by atomic mass is 10.2. The van der Waals surface area contributed by atoms with Gasteiger partial charge in [-0.2, -0.15) is 0 Å². The second-order valence-electron chi connectivity index (χ2n) is 5.36. The van der Waals surface area contributed by atoms with Crippen LogP contribution in [-0.2, 0) is 10.0 Å². The van der Waals surface area contributed by atoms with Crippen LogP contribution in [0.1, 0.15) is 26.4 Å². The SMILES string of the molecule is Cc1ccc(C)c(S(=O)(=O)NCCNC(=O)c2sccc2C)c1. The number of hydrogen-bond acceptors (Lipinski definition) is 4. The molecule has 0 spiro atoms. The van der Waals surface area contributed by atoms with Crippen LogP contribution in [0.4, 0.5) is 0 Å². The summed E-state index contributed by atoms with van der Waals surface area (Å²) in [6.45, 7) is 5.86. The molecule has 1 amide bonds. The van der Waals surface area contributed by atoms with Gasteiger partial charge in [0.2, 0.25) is 10.0 Å². The molecule has 0 radical (unpaired) electrons. The van der Waals surface area contributed by atoms with Crippen molar-refractivity contribution in [1.29, 1.82) is 0 Å². The highest BCUT2D eigenvalue weighted by Crippen LogP contribution is 2.16. The molecule has 1 heterocycles. The lowest BCUT2D eigenvalue weighted by molar-refractivity contribution is 0.0958. The number of carbonyl (C=O) groups is 1. The van der Waals surface area contributed by atoms with Crippen LogP contribution in [0, 0.1) is 20.8 Å². The van der Waals surface area contributed by atoms with Gasteiger partial charge in [0.25, 0.3) is 5.91 Å². The predicted molar refractivity (Wildman–Crippen MR) is 92.5 cm³/mol. The number of benzene rings is 1. The van der Waals surface area contributed by atoms with E-state index in [9.17, 15) is 13.2 Å². The fourth-order valence-corrected chi connectivity index (χ4v) is 4.32. The average Bonchev–Trinajstić information content (AvgIpc) is 2.92. The van der Waals surface area contributed by atoms with E-state index in [0.29, 0.717) is 10.4 Å². The molecule has 0 aliphatic carbocycles. The molecule has 2 aromatic rings. The van der Waals surface area contributed by atoms with E-state index in [1.54, 1.807) is 19.1 Å². The van der Waals surface area contributed by atoms with E-state index < -0.39 is 10.0 Å². The Morgan fingerprint density at radius 1 is 1.09 bits per heavy atom. The summed E-state index contributed by atoms with van der Waals surface area (Å²) in [5.41, 5.74) is 2.50. The third-order valence-corrected chi connectivity index (χ3v) is 6.02. The zero-order valence-electron chi connectivity index (χ0n) is 13.3. The van der Waals surface area contributed by atoms with Crippen molar-refractivity contribution in [2.24, 2.45) is 0 Å². The maximum atomic E-state index is 12.3. The monoisotopic (exact) mass is 352 g/mol. The molecule has 0 fully saturated rings. The van der Waals surface area contributed by atoms with Crippen molar-refractivity contribution < 1.29 is 13.2 Å². The summed E-state index contributed by atoms with van der Waals surface area (Å²) in [6.07, 6.45) is 0. The molecule has 1 aromatic carbocycles. The van der Waals surface area contributed by atoms with E-state index in [2.05, 4.69) is 10.0 Å². The van der Waals surface area contributed by atoms with E-state index in [1.165, 1.54) is 11.3 Å². The van der Waals surface area contributed by atoms with E-state index >= 15 is 0 Å². The van der Waals surface area contributed by atoms with Gasteiger partial charge in [0.05, 0.1) is 9.77 Å². The van der Waals surface area contributed by atoms with Gasteiger partial charge < -0.3 is 5.32 Å². The summed E-state index contributed by atoms with van der Waals surface area (Å²) in [5, 5.41) is 4.58. The molecule has 124 valence electrons. The molecule has 0 aliphatic heterocycles. The first kappa shape index (κ1) is 17.7. The van der Waals surface area contributed by atoms with Crippen molar-refractivity contribution >= 4 is 27.3 Å². The van der Waals surface area contributed by atoms with Crippen molar-refractivity contribution in [1.82, 2.24) is 10.0 Å². The fourth-order valence-electron chi connectivity index (χ4n) is 2.12. The van der Waals surface area contributed by atoms with Crippen molar-refractivity contribution in [3.05, 3.63) is 51.2 Å². The summed E-state index contributed by atoms with van der Waals surface area (Å²) in [4.78, 5) is 12.9. The summed E-state index contributed by atoms with van der Waals surface area (Å²) < 4.78 is 27.1. The second-order valence-corrected chi connectivity index (χ2v) is 8.01. The molecule has 0 saturated carbocycles. The Morgan fingerprint density at radius 2 is 1.83 bits per heavy atom. The topological polar surface area (TPSA) is 75.3 Å². The first-order valence-electron chi connectivity index (χ1n) is 7.20. The van der Waals surface area contributed by atoms with Gasteiger partial charge in [-0.05, 0) is 55.0 Å². The number of sulfonamides is 1. The summed E-state index contributed by atoms with van der Waals surface area (Å²) in [5.74, 6) is -0.177. The molecule has 5 nitrogen and oxygen atoms in total.